The van der Waals surface area contributed by atoms with Crippen molar-refractivity contribution < 1.29 is 17.9 Å². The number of hydrogen-bond donors (Lipinski definition) is 1. The van der Waals surface area contributed by atoms with Gasteiger partial charge in [0.25, 0.3) is 0 Å². The van der Waals surface area contributed by atoms with Gasteiger partial charge in [-0.15, -0.1) is 0 Å². The zero-order chi connectivity index (χ0) is 17.3. The molecule has 128 valence electrons. The first-order chi connectivity index (χ1) is 10.6. The van der Waals surface area contributed by atoms with E-state index in [1.807, 2.05) is 18.2 Å². The van der Waals surface area contributed by atoms with Crippen molar-refractivity contribution in [2.24, 2.45) is 5.92 Å². The van der Waals surface area contributed by atoms with Gasteiger partial charge in [0.1, 0.15) is 5.75 Å². The molecule has 0 bridgehead atoms. The molecule has 0 aliphatic carbocycles. The first kappa shape index (κ1) is 17.8. The number of ether oxygens (including phenoxy) is 1. The Kier molecular flexibility index (Phi) is 5.04. The number of rotatable bonds is 4. The predicted molar refractivity (Wildman–Crippen MR) is 91.7 cm³/mol. The Labute approximate surface area is 138 Å². The minimum absolute atomic E-state index is 0.0364. The minimum atomic E-state index is -2.96. The van der Waals surface area contributed by atoms with Gasteiger partial charge in [-0.1, -0.05) is 26.8 Å². The van der Waals surface area contributed by atoms with Crippen molar-refractivity contribution in [3.63, 3.8) is 0 Å². The fourth-order valence-electron chi connectivity index (χ4n) is 2.77. The summed E-state index contributed by atoms with van der Waals surface area (Å²) in [6.07, 6.45) is 0.789. The summed E-state index contributed by atoms with van der Waals surface area (Å²) in [5, 5.41) is 2.87. The average Bonchev–Trinajstić information content (AvgIpc) is 2.76. The highest BCUT2D eigenvalue weighted by molar-refractivity contribution is 7.91. The Hall–Kier alpha value is -1.56. The van der Waals surface area contributed by atoms with Gasteiger partial charge in [-0.2, -0.15) is 0 Å². The van der Waals surface area contributed by atoms with E-state index in [1.54, 1.807) is 7.11 Å². The van der Waals surface area contributed by atoms with E-state index in [-0.39, 0.29) is 35.2 Å². The first-order valence-corrected chi connectivity index (χ1v) is 9.61. The summed E-state index contributed by atoms with van der Waals surface area (Å²) in [4.78, 5) is 12.2. The van der Waals surface area contributed by atoms with Gasteiger partial charge >= 0.3 is 0 Å². The zero-order valence-corrected chi connectivity index (χ0v) is 15.0. The highest BCUT2D eigenvalue weighted by Gasteiger charge is 2.29. The Morgan fingerprint density at radius 3 is 2.57 bits per heavy atom. The standard InChI is InChI=1S/C17H25NO4S/c1-17(2,3)13-5-6-15(22-4)14(10-13)18-16(19)9-12-7-8-23(20,21)11-12/h5-6,10,12H,7-9,11H2,1-4H3,(H,18,19)/t12-/m1/s1. The number of nitrogens with one attached hydrogen (secondary N) is 1. The van der Waals surface area contributed by atoms with Gasteiger partial charge < -0.3 is 10.1 Å². The molecule has 1 aromatic carbocycles. The fraction of sp³-hybridized carbons (Fsp3) is 0.588. The monoisotopic (exact) mass is 339 g/mol. The second-order valence-corrected chi connectivity index (χ2v) is 9.42. The maximum atomic E-state index is 12.2. The molecule has 1 aromatic rings. The van der Waals surface area contributed by atoms with Crippen molar-refractivity contribution in [2.45, 2.75) is 39.0 Å². The van der Waals surface area contributed by atoms with E-state index < -0.39 is 9.84 Å². The van der Waals surface area contributed by atoms with Crippen molar-refractivity contribution in [3.05, 3.63) is 23.8 Å². The molecule has 1 aliphatic heterocycles. The van der Waals surface area contributed by atoms with E-state index in [9.17, 15) is 13.2 Å². The molecule has 2 rings (SSSR count). The van der Waals surface area contributed by atoms with Gasteiger partial charge in [0.2, 0.25) is 5.91 Å². The lowest BCUT2D eigenvalue weighted by molar-refractivity contribution is -0.116. The topological polar surface area (TPSA) is 72.5 Å². The van der Waals surface area contributed by atoms with Crippen LogP contribution in [0.1, 0.15) is 39.2 Å². The molecule has 1 saturated heterocycles. The van der Waals surface area contributed by atoms with Crippen LogP contribution in [0.5, 0.6) is 5.75 Å². The van der Waals surface area contributed by atoms with Crippen LogP contribution in [0, 0.1) is 5.92 Å². The molecule has 6 heteroatoms. The van der Waals surface area contributed by atoms with E-state index in [2.05, 4.69) is 26.1 Å². The lowest BCUT2D eigenvalue weighted by atomic mass is 9.87. The quantitative estimate of drug-likeness (QED) is 0.915. The van der Waals surface area contributed by atoms with Gasteiger partial charge in [0.05, 0.1) is 24.3 Å². The van der Waals surface area contributed by atoms with Crippen LogP contribution in [0.2, 0.25) is 0 Å². The maximum absolute atomic E-state index is 12.2. The number of carbonyl (C=O) groups excluding carboxylic acids is 1. The maximum Gasteiger partial charge on any atom is 0.224 e. The van der Waals surface area contributed by atoms with Crippen LogP contribution in [-0.2, 0) is 20.0 Å². The van der Waals surface area contributed by atoms with Crippen LogP contribution in [0.25, 0.3) is 0 Å². The molecule has 1 amide bonds. The van der Waals surface area contributed by atoms with Gasteiger partial charge in [0.15, 0.2) is 9.84 Å². The zero-order valence-electron chi connectivity index (χ0n) is 14.2. The van der Waals surface area contributed by atoms with Crippen molar-refractivity contribution in [2.75, 3.05) is 23.9 Å². The summed E-state index contributed by atoms with van der Waals surface area (Å²) in [6.45, 7) is 6.30. The normalized spacial score (nSPS) is 20.3. The highest BCUT2D eigenvalue weighted by atomic mass is 32.2. The third kappa shape index (κ3) is 4.70. The Morgan fingerprint density at radius 2 is 2.04 bits per heavy atom. The summed E-state index contributed by atoms with van der Waals surface area (Å²) in [5.74, 6) is 0.645. The average molecular weight is 339 g/mol. The van der Waals surface area contributed by atoms with Crippen LogP contribution in [-0.4, -0.2) is 32.9 Å². The molecule has 1 fully saturated rings. The summed E-state index contributed by atoms with van der Waals surface area (Å²) >= 11 is 0. The summed E-state index contributed by atoms with van der Waals surface area (Å²) < 4.78 is 28.3. The molecule has 23 heavy (non-hydrogen) atoms. The summed E-state index contributed by atoms with van der Waals surface area (Å²) in [5.41, 5.74) is 1.69. The molecule has 0 unspecified atom stereocenters. The molecular weight excluding hydrogens is 314 g/mol. The van der Waals surface area contributed by atoms with E-state index >= 15 is 0 Å². The van der Waals surface area contributed by atoms with E-state index in [1.165, 1.54) is 0 Å². The fourth-order valence-corrected chi connectivity index (χ4v) is 4.63. The number of methoxy groups -OCH3 is 1. The Balaban J connectivity index is 2.10. The van der Waals surface area contributed by atoms with Gasteiger partial charge in [-0.05, 0) is 35.4 Å². The number of anilines is 1. The molecule has 0 radical (unpaired) electrons. The van der Waals surface area contributed by atoms with Gasteiger partial charge in [-0.3, -0.25) is 4.79 Å². The van der Waals surface area contributed by atoms with E-state index in [4.69, 9.17) is 4.74 Å². The number of benzene rings is 1. The van der Waals surface area contributed by atoms with Crippen molar-refractivity contribution >= 4 is 21.4 Å². The molecule has 1 aliphatic rings. The number of hydrogen-bond acceptors (Lipinski definition) is 4. The van der Waals surface area contributed by atoms with Crippen LogP contribution in [0.4, 0.5) is 5.69 Å². The van der Waals surface area contributed by atoms with Gasteiger partial charge in [-0.25, -0.2) is 8.42 Å². The molecule has 5 nitrogen and oxygen atoms in total. The molecule has 0 spiro atoms. The number of carbonyl (C=O) groups is 1. The largest absolute Gasteiger partial charge is 0.495 e. The highest BCUT2D eigenvalue weighted by Crippen LogP contribution is 2.32. The second-order valence-electron chi connectivity index (χ2n) is 7.19. The Morgan fingerprint density at radius 1 is 1.35 bits per heavy atom. The van der Waals surface area contributed by atoms with Crippen LogP contribution >= 0.6 is 0 Å². The smallest absolute Gasteiger partial charge is 0.224 e. The van der Waals surface area contributed by atoms with Crippen molar-refractivity contribution in [3.8, 4) is 5.75 Å². The predicted octanol–water partition coefficient (Wildman–Crippen LogP) is 2.76. The summed E-state index contributed by atoms with van der Waals surface area (Å²) in [6, 6.07) is 5.75. The third-order valence-electron chi connectivity index (χ3n) is 4.14. The van der Waals surface area contributed by atoms with Crippen molar-refractivity contribution in [1.29, 1.82) is 0 Å². The lowest BCUT2D eigenvalue weighted by Gasteiger charge is -2.21. The van der Waals surface area contributed by atoms with Gasteiger partial charge in [0, 0.05) is 6.42 Å². The third-order valence-corrected chi connectivity index (χ3v) is 5.98. The number of sulfone groups is 1. The molecular formula is C17H25NO4S. The SMILES string of the molecule is COc1ccc(C(C)(C)C)cc1NC(=O)C[C@H]1CCS(=O)(=O)C1. The molecule has 0 aromatic heterocycles. The second kappa shape index (κ2) is 6.51. The van der Waals surface area contributed by atoms with E-state index in [0.717, 1.165) is 5.56 Å². The van der Waals surface area contributed by atoms with Crippen LogP contribution in [0.3, 0.4) is 0 Å². The molecule has 1 atom stereocenters. The molecule has 1 N–H and O–H groups in total. The lowest BCUT2D eigenvalue weighted by Crippen LogP contribution is -2.19. The number of amides is 1. The minimum Gasteiger partial charge on any atom is -0.495 e. The Bertz CT molecular complexity index is 689. The van der Waals surface area contributed by atoms with Crippen LogP contribution in [0.15, 0.2) is 18.2 Å². The van der Waals surface area contributed by atoms with Crippen LogP contribution < -0.4 is 10.1 Å². The summed E-state index contributed by atoms with van der Waals surface area (Å²) in [7, 11) is -1.40. The van der Waals surface area contributed by atoms with E-state index in [0.29, 0.717) is 17.9 Å². The molecule has 0 saturated carbocycles. The molecule has 1 heterocycles. The first-order valence-electron chi connectivity index (χ1n) is 7.79. The van der Waals surface area contributed by atoms with Crippen molar-refractivity contribution in [1.82, 2.24) is 0 Å².